The summed E-state index contributed by atoms with van der Waals surface area (Å²) in [5.41, 5.74) is 3.05. The molecule has 1 aliphatic heterocycles. The summed E-state index contributed by atoms with van der Waals surface area (Å²) in [5.74, 6) is -0.449. The molecule has 4 nitrogen and oxygen atoms in total. The number of hydrogen-bond acceptors (Lipinski definition) is 2. The van der Waals surface area contributed by atoms with Crippen molar-refractivity contribution in [3.05, 3.63) is 64.4 Å². The Kier molecular flexibility index (Phi) is 7.01. The van der Waals surface area contributed by atoms with E-state index in [-0.39, 0.29) is 11.1 Å². The van der Waals surface area contributed by atoms with Crippen LogP contribution in [0.4, 0.5) is 10.1 Å². The average Bonchev–Trinajstić information content (AvgIpc) is 2.66. The van der Waals surface area contributed by atoms with Gasteiger partial charge in [-0.05, 0) is 42.9 Å². The molecule has 0 spiro atoms. The quantitative estimate of drug-likeness (QED) is 0.665. The second-order valence-corrected chi connectivity index (χ2v) is 7.57. The highest BCUT2D eigenvalue weighted by molar-refractivity contribution is 7.80. The number of aryl methyl sites for hydroxylation is 1. The van der Waals surface area contributed by atoms with Crippen molar-refractivity contribution >= 4 is 34.6 Å². The molecule has 0 saturated carbocycles. The standard InChI is InChI=1S/C20H23ClFN3OS/c1-14-2-4-15(5-3-14)19(13-25-8-10-26-11-9-25)24-20(27)23-16-6-7-18(22)17(21)12-16/h2-7,12,19H,8-11,13H2,1H3,(H2,23,24,27)/p+1/t19-/m1/s1. The van der Waals surface area contributed by atoms with Gasteiger partial charge in [0, 0.05) is 5.69 Å². The number of nitrogens with one attached hydrogen (secondary N) is 3. The fraction of sp³-hybridized carbons (Fsp3) is 0.350. The van der Waals surface area contributed by atoms with E-state index in [0.717, 1.165) is 32.8 Å². The van der Waals surface area contributed by atoms with E-state index in [1.165, 1.54) is 28.2 Å². The van der Waals surface area contributed by atoms with Crippen LogP contribution in [-0.2, 0) is 4.74 Å². The first-order chi connectivity index (χ1) is 13.0. The van der Waals surface area contributed by atoms with Gasteiger partial charge in [0.05, 0.1) is 18.2 Å². The lowest BCUT2D eigenvalue weighted by molar-refractivity contribution is -0.909. The van der Waals surface area contributed by atoms with Gasteiger partial charge in [-0.25, -0.2) is 4.39 Å². The van der Waals surface area contributed by atoms with Gasteiger partial charge in [0.2, 0.25) is 0 Å². The zero-order valence-electron chi connectivity index (χ0n) is 15.2. The molecule has 1 heterocycles. The van der Waals surface area contributed by atoms with Crippen molar-refractivity contribution in [3.8, 4) is 0 Å². The first-order valence-corrected chi connectivity index (χ1v) is 9.80. The van der Waals surface area contributed by atoms with Gasteiger partial charge in [-0.1, -0.05) is 41.4 Å². The van der Waals surface area contributed by atoms with Gasteiger partial charge in [-0.2, -0.15) is 0 Å². The normalized spacial score (nSPS) is 16.0. The first kappa shape index (κ1) is 20.0. The Morgan fingerprint density at radius 2 is 1.93 bits per heavy atom. The maximum absolute atomic E-state index is 13.3. The number of rotatable bonds is 5. The van der Waals surface area contributed by atoms with Crippen LogP contribution in [0.25, 0.3) is 0 Å². The van der Waals surface area contributed by atoms with Gasteiger partial charge in [0.15, 0.2) is 5.11 Å². The van der Waals surface area contributed by atoms with Crippen molar-refractivity contribution in [2.45, 2.75) is 13.0 Å². The Balaban J connectivity index is 1.70. The molecule has 0 bridgehead atoms. The van der Waals surface area contributed by atoms with E-state index in [1.807, 2.05) is 0 Å². The van der Waals surface area contributed by atoms with Crippen LogP contribution < -0.4 is 15.5 Å². The van der Waals surface area contributed by atoms with Gasteiger partial charge in [0.1, 0.15) is 31.5 Å². The van der Waals surface area contributed by atoms with Crippen molar-refractivity contribution in [1.29, 1.82) is 0 Å². The number of thiocarbonyl (C=S) groups is 1. The highest BCUT2D eigenvalue weighted by atomic mass is 35.5. The van der Waals surface area contributed by atoms with E-state index in [9.17, 15) is 4.39 Å². The Morgan fingerprint density at radius 3 is 2.59 bits per heavy atom. The van der Waals surface area contributed by atoms with Crippen LogP contribution in [0.3, 0.4) is 0 Å². The second-order valence-electron chi connectivity index (χ2n) is 6.76. The number of benzene rings is 2. The van der Waals surface area contributed by atoms with Crippen LogP contribution in [0.15, 0.2) is 42.5 Å². The minimum Gasteiger partial charge on any atom is -0.370 e. The molecule has 1 fully saturated rings. The molecule has 3 rings (SSSR count). The van der Waals surface area contributed by atoms with E-state index in [2.05, 4.69) is 41.8 Å². The number of quaternary nitrogens is 1. The van der Waals surface area contributed by atoms with Crippen LogP contribution in [0.1, 0.15) is 17.2 Å². The lowest BCUT2D eigenvalue weighted by Crippen LogP contribution is -3.14. The van der Waals surface area contributed by atoms with E-state index < -0.39 is 5.82 Å². The number of halogens is 2. The maximum Gasteiger partial charge on any atom is 0.171 e. The Labute approximate surface area is 169 Å². The van der Waals surface area contributed by atoms with Crippen LogP contribution in [0.5, 0.6) is 0 Å². The zero-order valence-corrected chi connectivity index (χ0v) is 16.8. The molecule has 27 heavy (non-hydrogen) atoms. The van der Waals surface area contributed by atoms with Gasteiger partial charge in [-0.15, -0.1) is 0 Å². The number of morpholine rings is 1. The largest absolute Gasteiger partial charge is 0.370 e. The summed E-state index contributed by atoms with van der Waals surface area (Å²) >= 11 is 11.3. The molecular formula is C20H24ClFN3OS+. The zero-order chi connectivity index (χ0) is 19.2. The smallest absolute Gasteiger partial charge is 0.171 e. The van der Waals surface area contributed by atoms with Gasteiger partial charge >= 0.3 is 0 Å². The maximum atomic E-state index is 13.3. The predicted molar refractivity (Wildman–Crippen MR) is 111 cm³/mol. The first-order valence-electron chi connectivity index (χ1n) is 9.02. The third-order valence-electron chi connectivity index (χ3n) is 4.66. The summed E-state index contributed by atoms with van der Waals surface area (Å²) in [5, 5.41) is 7.05. The summed E-state index contributed by atoms with van der Waals surface area (Å²) < 4.78 is 18.8. The molecular weight excluding hydrogens is 385 g/mol. The highest BCUT2D eigenvalue weighted by Crippen LogP contribution is 2.20. The fourth-order valence-corrected chi connectivity index (χ4v) is 3.54. The molecule has 2 aromatic carbocycles. The Morgan fingerprint density at radius 1 is 1.22 bits per heavy atom. The molecule has 1 saturated heterocycles. The Hall–Kier alpha value is -1.73. The number of ether oxygens (including phenoxy) is 1. The monoisotopic (exact) mass is 408 g/mol. The molecule has 0 aliphatic carbocycles. The lowest BCUT2D eigenvalue weighted by Gasteiger charge is -2.29. The Bertz CT molecular complexity index is 781. The fourth-order valence-electron chi connectivity index (χ4n) is 3.10. The summed E-state index contributed by atoms with van der Waals surface area (Å²) in [6.07, 6.45) is 0. The van der Waals surface area contributed by atoms with Crippen molar-refractivity contribution in [1.82, 2.24) is 5.32 Å². The van der Waals surface area contributed by atoms with Crippen molar-refractivity contribution in [2.24, 2.45) is 0 Å². The summed E-state index contributed by atoms with van der Waals surface area (Å²) in [7, 11) is 0. The summed E-state index contributed by atoms with van der Waals surface area (Å²) in [4.78, 5) is 1.48. The summed E-state index contributed by atoms with van der Waals surface area (Å²) in [6, 6.07) is 13.0. The minimum atomic E-state index is -0.449. The molecule has 0 unspecified atom stereocenters. The molecule has 3 N–H and O–H groups in total. The molecule has 0 radical (unpaired) electrons. The molecule has 2 aromatic rings. The van der Waals surface area contributed by atoms with E-state index in [4.69, 9.17) is 28.6 Å². The molecule has 0 aromatic heterocycles. The van der Waals surface area contributed by atoms with Crippen LogP contribution in [-0.4, -0.2) is 38.0 Å². The van der Waals surface area contributed by atoms with Gasteiger partial charge in [-0.3, -0.25) is 0 Å². The lowest BCUT2D eigenvalue weighted by atomic mass is 10.0. The second kappa shape index (κ2) is 9.46. The van der Waals surface area contributed by atoms with Crippen molar-refractivity contribution in [2.75, 3.05) is 38.2 Å². The van der Waals surface area contributed by atoms with Gasteiger partial charge in [0.25, 0.3) is 0 Å². The SMILES string of the molecule is Cc1ccc([C@@H](C[NH+]2CCOCC2)NC(=S)Nc2ccc(F)c(Cl)c2)cc1. The molecule has 7 heteroatoms. The van der Waals surface area contributed by atoms with Crippen LogP contribution >= 0.6 is 23.8 Å². The molecule has 0 amide bonds. The molecule has 1 aliphatic rings. The number of anilines is 1. The van der Waals surface area contributed by atoms with E-state index in [0.29, 0.717) is 10.8 Å². The van der Waals surface area contributed by atoms with E-state index in [1.54, 1.807) is 6.07 Å². The molecule has 1 atom stereocenters. The molecule has 144 valence electrons. The number of hydrogen-bond donors (Lipinski definition) is 3. The average molecular weight is 409 g/mol. The van der Waals surface area contributed by atoms with Crippen LogP contribution in [0, 0.1) is 12.7 Å². The van der Waals surface area contributed by atoms with Crippen molar-refractivity contribution in [3.63, 3.8) is 0 Å². The minimum absolute atomic E-state index is 0.0645. The van der Waals surface area contributed by atoms with Crippen molar-refractivity contribution < 1.29 is 14.0 Å². The van der Waals surface area contributed by atoms with Crippen LogP contribution in [0.2, 0.25) is 5.02 Å². The summed E-state index contributed by atoms with van der Waals surface area (Å²) in [6.45, 7) is 6.51. The van der Waals surface area contributed by atoms with Gasteiger partial charge < -0.3 is 20.3 Å². The topological polar surface area (TPSA) is 37.7 Å². The van der Waals surface area contributed by atoms with E-state index >= 15 is 0 Å². The predicted octanol–water partition coefficient (Wildman–Crippen LogP) is 2.73. The highest BCUT2D eigenvalue weighted by Gasteiger charge is 2.22. The third-order valence-corrected chi connectivity index (χ3v) is 5.16. The third kappa shape index (κ3) is 5.87.